The third-order valence-electron chi connectivity index (χ3n) is 1.42. The van der Waals surface area contributed by atoms with Crippen LogP contribution >= 0.6 is 15.9 Å². The molecule has 1 fully saturated rings. The van der Waals surface area contributed by atoms with E-state index in [2.05, 4.69) is 25.9 Å². The summed E-state index contributed by atoms with van der Waals surface area (Å²) in [6, 6.07) is 1.78. The van der Waals surface area contributed by atoms with Crippen molar-refractivity contribution in [3.8, 4) is 5.88 Å². The molecule has 1 aromatic rings. The maximum absolute atomic E-state index is 5.42. The van der Waals surface area contributed by atoms with Crippen LogP contribution in [0.15, 0.2) is 17.0 Å². The van der Waals surface area contributed by atoms with Crippen molar-refractivity contribution in [2.75, 3.05) is 0 Å². The molecule has 2 rings (SSSR count). The van der Waals surface area contributed by atoms with Crippen LogP contribution in [0.1, 0.15) is 12.8 Å². The molecule has 11 heavy (non-hydrogen) atoms. The summed E-state index contributed by atoms with van der Waals surface area (Å²) in [4.78, 5) is 7.85. The molecule has 0 unspecified atom stereocenters. The van der Waals surface area contributed by atoms with Crippen molar-refractivity contribution in [3.63, 3.8) is 0 Å². The lowest BCUT2D eigenvalue weighted by atomic mass is 10.6. The van der Waals surface area contributed by atoms with Crippen LogP contribution in [0.5, 0.6) is 5.88 Å². The van der Waals surface area contributed by atoms with Gasteiger partial charge in [0.05, 0.1) is 0 Å². The highest BCUT2D eigenvalue weighted by atomic mass is 79.9. The maximum atomic E-state index is 5.42. The predicted octanol–water partition coefficient (Wildman–Crippen LogP) is 1.78. The Bertz CT molecular complexity index is 262. The summed E-state index contributed by atoms with van der Waals surface area (Å²) in [5, 5.41) is 0. The van der Waals surface area contributed by atoms with Crippen LogP contribution in [0.3, 0.4) is 0 Å². The fourth-order valence-corrected chi connectivity index (χ4v) is 1.03. The van der Waals surface area contributed by atoms with Crippen LogP contribution in [0.25, 0.3) is 0 Å². The van der Waals surface area contributed by atoms with E-state index in [0.29, 0.717) is 12.0 Å². The topological polar surface area (TPSA) is 35.0 Å². The minimum absolute atomic E-state index is 0.400. The first-order chi connectivity index (χ1) is 5.34. The van der Waals surface area contributed by atoms with E-state index in [0.717, 1.165) is 17.4 Å². The highest BCUT2D eigenvalue weighted by Gasteiger charge is 2.23. The van der Waals surface area contributed by atoms with Crippen molar-refractivity contribution < 1.29 is 4.74 Å². The number of rotatable bonds is 2. The van der Waals surface area contributed by atoms with Gasteiger partial charge >= 0.3 is 0 Å². The van der Waals surface area contributed by atoms with Crippen LogP contribution in [-0.2, 0) is 0 Å². The van der Waals surface area contributed by atoms with Crippen LogP contribution in [-0.4, -0.2) is 16.1 Å². The van der Waals surface area contributed by atoms with E-state index in [4.69, 9.17) is 4.74 Å². The summed E-state index contributed by atoms with van der Waals surface area (Å²) in [5.74, 6) is 0.661. The Labute approximate surface area is 72.9 Å². The van der Waals surface area contributed by atoms with Crippen molar-refractivity contribution in [2.45, 2.75) is 18.9 Å². The quantitative estimate of drug-likeness (QED) is 0.705. The van der Waals surface area contributed by atoms with Crippen LogP contribution in [0.2, 0.25) is 0 Å². The van der Waals surface area contributed by atoms with Crippen LogP contribution in [0.4, 0.5) is 0 Å². The number of aromatic nitrogens is 2. The van der Waals surface area contributed by atoms with Crippen LogP contribution < -0.4 is 4.74 Å². The molecule has 0 aromatic carbocycles. The zero-order valence-electron chi connectivity index (χ0n) is 5.83. The molecule has 0 amide bonds. The van der Waals surface area contributed by atoms with Gasteiger partial charge in [-0.05, 0) is 28.8 Å². The molecule has 0 bridgehead atoms. The Kier molecular flexibility index (Phi) is 1.77. The Morgan fingerprint density at radius 2 is 2.27 bits per heavy atom. The molecule has 0 saturated heterocycles. The van der Waals surface area contributed by atoms with Gasteiger partial charge in [0.2, 0.25) is 5.88 Å². The van der Waals surface area contributed by atoms with E-state index >= 15 is 0 Å². The van der Waals surface area contributed by atoms with Crippen molar-refractivity contribution in [1.29, 1.82) is 0 Å². The molecular formula is C7H7BrN2O. The summed E-state index contributed by atoms with van der Waals surface area (Å²) >= 11 is 3.24. The van der Waals surface area contributed by atoms with E-state index in [9.17, 15) is 0 Å². The maximum Gasteiger partial charge on any atom is 0.217 e. The third kappa shape index (κ3) is 1.89. The lowest BCUT2D eigenvalue weighted by Gasteiger charge is -2.00. The SMILES string of the molecule is Brc1cc(OC2CC2)ncn1. The molecule has 0 aliphatic heterocycles. The lowest BCUT2D eigenvalue weighted by Crippen LogP contribution is -1.98. The van der Waals surface area contributed by atoms with Gasteiger partial charge in [-0.3, -0.25) is 0 Å². The fraction of sp³-hybridized carbons (Fsp3) is 0.429. The molecule has 1 aromatic heterocycles. The molecule has 1 aliphatic carbocycles. The van der Waals surface area contributed by atoms with E-state index in [1.165, 1.54) is 6.33 Å². The summed E-state index contributed by atoms with van der Waals surface area (Å²) in [6.07, 6.45) is 4.20. The molecule has 0 atom stereocenters. The van der Waals surface area contributed by atoms with Gasteiger partial charge in [-0.1, -0.05) is 0 Å². The average Bonchev–Trinajstić information content (AvgIpc) is 2.71. The zero-order chi connectivity index (χ0) is 7.68. The number of nitrogens with zero attached hydrogens (tertiary/aromatic N) is 2. The zero-order valence-corrected chi connectivity index (χ0v) is 7.41. The van der Waals surface area contributed by atoms with Gasteiger partial charge in [0.1, 0.15) is 17.0 Å². The Balaban J connectivity index is 2.10. The van der Waals surface area contributed by atoms with Gasteiger partial charge in [-0.2, -0.15) is 0 Å². The smallest absolute Gasteiger partial charge is 0.217 e. The van der Waals surface area contributed by atoms with Crippen molar-refractivity contribution in [1.82, 2.24) is 9.97 Å². The number of hydrogen-bond acceptors (Lipinski definition) is 3. The largest absolute Gasteiger partial charge is 0.474 e. The first-order valence-electron chi connectivity index (χ1n) is 3.49. The fourth-order valence-electron chi connectivity index (χ4n) is 0.738. The second-order valence-corrected chi connectivity index (χ2v) is 3.31. The molecule has 4 heteroatoms. The molecule has 0 N–H and O–H groups in total. The molecule has 0 spiro atoms. The average molecular weight is 215 g/mol. The monoisotopic (exact) mass is 214 g/mol. The summed E-state index contributed by atoms with van der Waals surface area (Å²) < 4.78 is 6.19. The highest BCUT2D eigenvalue weighted by molar-refractivity contribution is 9.10. The molecule has 0 radical (unpaired) electrons. The minimum atomic E-state index is 0.400. The third-order valence-corrected chi connectivity index (χ3v) is 1.85. The molecular weight excluding hydrogens is 208 g/mol. The van der Waals surface area contributed by atoms with Gasteiger partial charge in [-0.25, -0.2) is 9.97 Å². The van der Waals surface area contributed by atoms with Gasteiger partial charge in [0.25, 0.3) is 0 Å². The number of hydrogen-bond donors (Lipinski definition) is 0. The molecule has 1 saturated carbocycles. The van der Waals surface area contributed by atoms with Gasteiger partial charge < -0.3 is 4.74 Å². The molecule has 1 heterocycles. The van der Waals surface area contributed by atoms with Crippen molar-refractivity contribution in [2.24, 2.45) is 0 Å². The molecule has 1 aliphatic rings. The van der Waals surface area contributed by atoms with E-state index in [-0.39, 0.29) is 0 Å². The molecule has 58 valence electrons. The van der Waals surface area contributed by atoms with E-state index in [1.54, 1.807) is 6.07 Å². The summed E-state index contributed by atoms with van der Waals surface area (Å²) in [6.45, 7) is 0. The van der Waals surface area contributed by atoms with Gasteiger partial charge in [0, 0.05) is 6.07 Å². The van der Waals surface area contributed by atoms with E-state index in [1.807, 2.05) is 0 Å². The summed E-state index contributed by atoms with van der Waals surface area (Å²) in [7, 11) is 0. The number of halogens is 1. The standard InChI is InChI=1S/C7H7BrN2O/c8-6-3-7(10-4-9-6)11-5-1-2-5/h3-5H,1-2H2. The van der Waals surface area contributed by atoms with E-state index < -0.39 is 0 Å². The molecule has 3 nitrogen and oxygen atoms in total. The normalized spacial score (nSPS) is 16.5. The first kappa shape index (κ1) is 7.03. The second-order valence-electron chi connectivity index (χ2n) is 2.50. The Hall–Kier alpha value is -0.640. The lowest BCUT2D eigenvalue weighted by molar-refractivity contribution is 0.290. The number of ether oxygens (including phenoxy) is 1. The Morgan fingerprint density at radius 3 is 2.91 bits per heavy atom. The Morgan fingerprint density at radius 1 is 1.45 bits per heavy atom. The van der Waals surface area contributed by atoms with Crippen molar-refractivity contribution >= 4 is 15.9 Å². The first-order valence-corrected chi connectivity index (χ1v) is 4.28. The highest BCUT2D eigenvalue weighted by Crippen LogP contribution is 2.25. The van der Waals surface area contributed by atoms with Gasteiger partial charge in [-0.15, -0.1) is 0 Å². The van der Waals surface area contributed by atoms with Crippen molar-refractivity contribution in [3.05, 3.63) is 17.0 Å². The van der Waals surface area contributed by atoms with Crippen LogP contribution in [0, 0.1) is 0 Å². The minimum Gasteiger partial charge on any atom is -0.474 e. The summed E-state index contributed by atoms with van der Waals surface area (Å²) in [5.41, 5.74) is 0. The van der Waals surface area contributed by atoms with Gasteiger partial charge in [0.15, 0.2) is 0 Å². The second kappa shape index (κ2) is 2.77. The predicted molar refractivity (Wildman–Crippen MR) is 43.4 cm³/mol.